The lowest BCUT2D eigenvalue weighted by Gasteiger charge is -2.38. The first-order valence-electron chi connectivity index (χ1n) is 11.5. The molecular weight excluding hydrogens is 442 g/mol. The van der Waals surface area contributed by atoms with Crippen molar-refractivity contribution in [3.63, 3.8) is 0 Å². The number of anilines is 2. The zero-order valence-corrected chi connectivity index (χ0v) is 20.2. The second kappa shape index (κ2) is 10.1. The van der Waals surface area contributed by atoms with Crippen molar-refractivity contribution in [2.24, 2.45) is 11.8 Å². The van der Waals surface area contributed by atoms with Crippen molar-refractivity contribution >= 4 is 28.9 Å². The summed E-state index contributed by atoms with van der Waals surface area (Å²) in [6.07, 6.45) is 3.71. The Morgan fingerprint density at radius 1 is 1.24 bits per heavy atom. The van der Waals surface area contributed by atoms with Gasteiger partial charge in [-0.2, -0.15) is 0 Å². The van der Waals surface area contributed by atoms with Crippen LogP contribution in [0.4, 0.5) is 11.4 Å². The molecule has 8 heteroatoms. The molecule has 2 saturated heterocycles. The number of rotatable bonds is 7. The molecule has 0 bridgehead atoms. The topological polar surface area (TPSA) is 75.1 Å². The zero-order valence-electron chi connectivity index (χ0n) is 19.4. The molecule has 2 aliphatic heterocycles. The Labute approximate surface area is 200 Å². The van der Waals surface area contributed by atoms with Gasteiger partial charge in [-0.3, -0.25) is 4.79 Å². The first-order chi connectivity index (χ1) is 15.8. The fourth-order valence-corrected chi connectivity index (χ4v) is 5.26. The van der Waals surface area contributed by atoms with E-state index in [2.05, 4.69) is 28.6 Å². The van der Waals surface area contributed by atoms with Gasteiger partial charge in [0.05, 0.1) is 30.4 Å². The number of aromatic nitrogens is 1. The Balaban J connectivity index is 1.38. The molecule has 4 atom stereocenters. The number of hydrogen-bond donors (Lipinski definition) is 1. The van der Waals surface area contributed by atoms with Crippen LogP contribution < -0.4 is 19.3 Å². The van der Waals surface area contributed by atoms with Crippen LogP contribution in [0.3, 0.4) is 0 Å². The van der Waals surface area contributed by atoms with Crippen LogP contribution in [0.2, 0.25) is 5.02 Å². The minimum absolute atomic E-state index is 0.0484. The number of halogens is 1. The van der Waals surface area contributed by atoms with E-state index in [9.17, 15) is 9.90 Å². The normalized spacial score (nSPS) is 25.2. The van der Waals surface area contributed by atoms with Crippen molar-refractivity contribution in [3.8, 4) is 11.6 Å². The third kappa shape index (κ3) is 5.46. The highest BCUT2D eigenvalue weighted by Crippen LogP contribution is 2.34. The van der Waals surface area contributed by atoms with Gasteiger partial charge in [-0.05, 0) is 36.6 Å². The van der Waals surface area contributed by atoms with Crippen LogP contribution >= 0.6 is 11.6 Å². The number of carboxylic acid groups (broad SMARTS) is 1. The van der Waals surface area contributed by atoms with E-state index in [0.717, 1.165) is 49.6 Å². The number of carboxylic acids is 1. The lowest BCUT2D eigenvalue weighted by atomic mass is 9.96. The van der Waals surface area contributed by atoms with Crippen LogP contribution in [0.15, 0.2) is 36.5 Å². The largest absolute Gasteiger partial charge is 0.490 e. The number of pyridine rings is 1. The van der Waals surface area contributed by atoms with Gasteiger partial charge in [-0.1, -0.05) is 25.4 Å². The maximum absolute atomic E-state index is 11.2. The van der Waals surface area contributed by atoms with Crippen molar-refractivity contribution < 1.29 is 19.4 Å². The zero-order chi connectivity index (χ0) is 23.5. The van der Waals surface area contributed by atoms with E-state index in [1.165, 1.54) is 0 Å². The predicted octanol–water partition coefficient (Wildman–Crippen LogP) is 4.73. The Morgan fingerprint density at radius 2 is 2.00 bits per heavy atom. The number of methoxy groups -OCH3 is 1. The number of carbonyl (C=O) groups is 1. The molecule has 1 aromatic heterocycles. The van der Waals surface area contributed by atoms with Gasteiger partial charge >= 0.3 is 5.97 Å². The molecule has 178 valence electrons. The Hall–Kier alpha value is -2.67. The summed E-state index contributed by atoms with van der Waals surface area (Å²) >= 11 is 6.39. The molecule has 2 aromatic rings. The quantitative estimate of drug-likeness (QED) is 0.623. The molecule has 0 saturated carbocycles. The van der Waals surface area contributed by atoms with E-state index < -0.39 is 5.97 Å². The maximum atomic E-state index is 11.2. The number of nitrogens with zero attached hydrogens (tertiary/aromatic N) is 3. The lowest BCUT2D eigenvalue weighted by molar-refractivity contribution is -0.137. The second-order valence-electron chi connectivity index (χ2n) is 9.29. The van der Waals surface area contributed by atoms with Gasteiger partial charge in [-0.25, -0.2) is 4.98 Å². The van der Waals surface area contributed by atoms with Crippen molar-refractivity contribution in [2.75, 3.05) is 36.5 Å². The molecule has 2 aliphatic rings. The molecule has 0 aliphatic carbocycles. The summed E-state index contributed by atoms with van der Waals surface area (Å²) < 4.78 is 11.6. The highest BCUT2D eigenvalue weighted by molar-refractivity contribution is 6.33. The smallest absolute Gasteiger partial charge is 0.305 e. The lowest BCUT2D eigenvalue weighted by Crippen LogP contribution is -2.44. The summed E-state index contributed by atoms with van der Waals surface area (Å²) in [5, 5.41) is 9.86. The molecule has 2 unspecified atom stereocenters. The van der Waals surface area contributed by atoms with Crippen molar-refractivity contribution in [1.82, 2.24) is 4.98 Å². The minimum atomic E-state index is -0.745. The summed E-state index contributed by atoms with van der Waals surface area (Å²) in [6, 6.07) is 10.0. The van der Waals surface area contributed by atoms with Gasteiger partial charge in [0, 0.05) is 49.8 Å². The Kier molecular flexibility index (Phi) is 7.17. The standard InChI is InChI=1S/C25H32ClN3O4/c1-16-10-19(11-25(30)31)29(14-16)18-4-6-20(7-5-18)33-23-8-9-28(15-17(23)2)22-12-24(32-3)27-13-21(22)26/h4-7,12-13,16-17,19,23H,8-11,14-15H2,1-3H3,(H,30,31)/t16-,17?,19-,23?/m1/s1. The third-order valence-corrected chi connectivity index (χ3v) is 6.97. The summed E-state index contributed by atoms with van der Waals surface area (Å²) in [6.45, 7) is 6.92. The first-order valence-corrected chi connectivity index (χ1v) is 11.9. The molecule has 1 aromatic carbocycles. The molecular formula is C25H32ClN3O4. The van der Waals surface area contributed by atoms with E-state index >= 15 is 0 Å². The highest BCUT2D eigenvalue weighted by Gasteiger charge is 2.32. The third-order valence-electron chi connectivity index (χ3n) is 6.68. The molecule has 3 heterocycles. The van der Waals surface area contributed by atoms with Gasteiger partial charge < -0.3 is 24.4 Å². The number of benzene rings is 1. The summed E-state index contributed by atoms with van der Waals surface area (Å²) in [5.41, 5.74) is 2.00. The van der Waals surface area contributed by atoms with Crippen LogP contribution in [0.25, 0.3) is 0 Å². The number of hydrogen-bond acceptors (Lipinski definition) is 6. The summed E-state index contributed by atoms with van der Waals surface area (Å²) in [4.78, 5) is 19.9. The van der Waals surface area contributed by atoms with E-state index in [-0.39, 0.29) is 18.6 Å². The monoisotopic (exact) mass is 473 g/mol. The van der Waals surface area contributed by atoms with E-state index in [4.69, 9.17) is 21.1 Å². The number of aliphatic carboxylic acids is 1. The fourth-order valence-electron chi connectivity index (χ4n) is 5.03. The summed E-state index contributed by atoms with van der Waals surface area (Å²) in [5.74, 6) is 1.46. The van der Waals surface area contributed by atoms with Gasteiger partial charge in [-0.15, -0.1) is 0 Å². The average Bonchev–Trinajstić information content (AvgIpc) is 3.15. The maximum Gasteiger partial charge on any atom is 0.305 e. The predicted molar refractivity (Wildman–Crippen MR) is 130 cm³/mol. The van der Waals surface area contributed by atoms with Crippen LogP contribution in [0.1, 0.15) is 33.1 Å². The molecule has 2 fully saturated rings. The van der Waals surface area contributed by atoms with E-state index in [1.807, 2.05) is 30.3 Å². The van der Waals surface area contributed by atoms with Crippen LogP contribution in [0, 0.1) is 11.8 Å². The van der Waals surface area contributed by atoms with Gasteiger partial charge in [0.1, 0.15) is 11.9 Å². The molecule has 1 N–H and O–H groups in total. The molecule has 7 nitrogen and oxygen atoms in total. The van der Waals surface area contributed by atoms with Gasteiger partial charge in [0.2, 0.25) is 5.88 Å². The molecule has 4 rings (SSSR count). The summed E-state index contributed by atoms with van der Waals surface area (Å²) in [7, 11) is 1.60. The van der Waals surface area contributed by atoms with Crippen LogP contribution in [-0.4, -0.2) is 54.9 Å². The van der Waals surface area contributed by atoms with E-state index in [1.54, 1.807) is 13.3 Å². The SMILES string of the molecule is COc1cc(N2CCC(Oc3ccc(N4C[C@H](C)C[C@@H]4CC(=O)O)cc3)C(C)C2)c(Cl)cn1. The van der Waals surface area contributed by atoms with Gasteiger partial charge in [0.25, 0.3) is 0 Å². The van der Waals surface area contributed by atoms with E-state index in [0.29, 0.717) is 22.7 Å². The first kappa shape index (κ1) is 23.5. The highest BCUT2D eigenvalue weighted by atomic mass is 35.5. The molecule has 0 spiro atoms. The molecule has 0 amide bonds. The second-order valence-corrected chi connectivity index (χ2v) is 9.69. The van der Waals surface area contributed by atoms with Crippen LogP contribution in [0.5, 0.6) is 11.6 Å². The number of piperidine rings is 1. The van der Waals surface area contributed by atoms with Crippen molar-refractivity contribution in [3.05, 3.63) is 41.6 Å². The minimum Gasteiger partial charge on any atom is -0.490 e. The number of ether oxygens (including phenoxy) is 2. The van der Waals surface area contributed by atoms with Crippen molar-refractivity contribution in [1.29, 1.82) is 0 Å². The molecule has 0 radical (unpaired) electrons. The van der Waals surface area contributed by atoms with Gasteiger partial charge in [0.15, 0.2) is 0 Å². The average molecular weight is 474 g/mol. The fraction of sp³-hybridized carbons (Fsp3) is 0.520. The van der Waals surface area contributed by atoms with Crippen molar-refractivity contribution in [2.45, 2.75) is 45.3 Å². The van der Waals surface area contributed by atoms with Crippen LogP contribution in [-0.2, 0) is 4.79 Å². The Bertz CT molecular complexity index is 971. The Morgan fingerprint density at radius 3 is 2.67 bits per heavy atom. The molecule has 33 heavy (non-hydrogen) atoms.